The van der Waals surface area contributed by atoms with E-state index in [1.165, 1.54) is 6.07 Å². The van der Waals surface area contributed by atoms with Gasteiger partial charge in [0.25, 0.3) is 0 Å². The Bertz CT molecular complexity index is 890. The van der Waals surface area contributed by atoms with Crippen LogP contribution < -0.4 is 10.6 Å². The van der Waals surface area contributed by atoms with E-state index in [-0.39, 0.29) is 11.2 Å². The summed E-state index contributed by atoms with van der Waals surface area (Å²) in [4.78, 5) is 7.15. The molecule has 2 heterocycles. The Kier molecular flexibility index (Phi) is 8.58. The fourth-order valence-electron chi connectivity index (χ4n) is 3.56. The van der Waals surface area contributed by atoms with Gasteiger partial charge in [-0.25, -0.2) is 9.38 Å². The number of benzene rings is 1. The molecule has 0 aliphatic carbocycles. The number of aryl methyl sites for hydroxylation is 1. The van der Waals surface area contributed by atoms with Gasteiger partial charge in [-0.15, -0.1) is 10.2 Å². The van der Waals surface area contributed by atoms with Crippen molar-refractivity contribution >= 4 is 5.96 Å². The minimum absolute atomic E-state index is 0.219. The molecule has 32 heavy (non-hydrogen) atoms. The van der Waals surface area contributed by atoms with E-state index in [1.807, 2.05) is 24.6 Å². The fourth-order valence-corrected chi connectivity index (χ4v) is 3.56. The van der Waals surface area contributed by atoms with Crippen molar-refractivity contribution in [3.8, 4) is 0 Å². The maximum Gasteiger partial charge on any atom is 0.191 e. The Hall–Kier alpha value is -2.52. The van der Waals surface area contributed by atoms with Crippen molar-refractivity contribution in [1.29, 1.82) is 0 Å². The Morgan fingerprint density at radius 1 is 1.22 bits per heavy atom. The third-order valence-corrected chi connectivity index (χ3v) is 5.91. The first kappa shape index (κ1) is 24.1. The molecule has 1 saturated heterocycles. The highest BCUT2D eigenvalue weighted by molar-refractivity contribution is 5.79. The summed E-state index contributed by atoms with van der Waals surface area (Å²) in [6, 6.07) is 6.77. The van der Waals surface area contributed by atoms with Crippen molar-refractivity contribution in [2.24, 2.45) is 12.0 Å². The molecule has 1 aliphatic heterocycles. The first-order valence-electron chi connectivity index (χ1n) is 11.3. The number of hydrogen-bond acceptors (Lipinski definition) is 5. The van der Waals surface area contributed by atoms with Crippen LogP contribution in [0, 0.1) is 12.7 Å². The Morgan fingerprint density at radius 3 is 2.69 bits per heavy atom. The average Bonchev–Trinajstić information content (AvgIpc) is 3.11. The first-order chi connectivity index (χ1) is 15.3. The van der Waals surface area contributed by atoms with Crippen LogP contribution in [-0.4, -0.2) is 71.6 Å². The molecule has 9 heteroatoms. The van der Waals surface area contributed by atoms with Crippen molar-refractivity contribution in [3.05, 3.63) is 47.3 Å². The van der Waals surface area contributed by atoms with Crippen molar-refractivity contribution in [2.45, 2.75) is 39.2 Å². The highest BCUT2D eigenvalue weighted by atomic mass is 19.1. The van der Waals surface area contributed by atoms with E-state index in [9.17, 15) is 4.39 Å². The summed E-state index contributed by atoms with van der Waals surface area (Å²) in [5.74, 6) is 2.16. The first-order valence-corrected chi connectivity index (χ1v) is 11.3. The maximum absolute atomic E-state index is 13.7. The smallest absolute Gasteiger partial charge is 0.191 e. The van der Waals surface area contributed by atoms with Crippen molar-refractivity contribution in [3.63, 3.8) is 0 Å². The molecule has 1 fully saturated rings. The average molecular weight is 446 g/mol. The van der Waals surface area contributed by atoms with E-state index in [4.69, 9.17) is 9.73 Å². The molecule has 3 rings (SSSR count). The SMILES string of the molecule is Cc1nnc(CN=C(NCCCN2CCOCC2)NCC(C)(C)c2cccc(F)c2)n1C. The number of halogens is 1. The number of rotatable bonds is 9. The number of hydrogen-bond donors (Lipinski definition) is 2. The lowest BCUT2D eigenvalue weighted by Crippen LogP contribution is -2.44. The molecular weight excluding hydrogens is 409 g/mol. The van der Waals surface area contributed by atoms with E-state index < -0.39 is 0 Å². The fraction of sp³-hybridized carbons (Fsp3) is 0.609. The third-order valence-electron chi connectivity index (χ3n) is 5.91. The van der Waals surface area contributed by atoms with Crippen LogP contribution in [0.1, 0.15) is 37.5 Å². The molecule has 1 aromatic carbocycles. The normalized spacial score (nSPS) is 15.7. The molecule has 0 atom stereocenters. The summed E-state index contributed by atoms with van der Waals surface area (Å²) < 4.78 is 21.1. The van der Waals surface area contributed by atoms with Gasteiger partial charge < -0.3 is 19.9 Å². The molecule has 0 amide bonds. The minimum Gasteiger partial charge on any atom is -0.379 e. The second kappa shape index (κ2) is 11.4. The lowest BCUT2D eigenvalue weighted by atomic mass is 9.84. The molecule has 8 nitrogen and oxygen atoms in total. The molecule has 1 aliphatic rings. The molecule has 0 unspecified atom stereocenters. The molecule has 2 aromatic rings. The summed E-state index contributed by atoms with van der Waals surface area (Å²) in [5.41, 5.74) is 0.681. The standard InChI is InChI=1S/C23H36FN7O/c1-18-28-29-21(30(18)4)16-26-22(25-9-6-10-31-11-13-32-14-12-31)27-17-23(2,3)19-7-5-8-20(24)15-19/h5,7-8,15H,6,9-14,16-17H2,1-4H3,(H2,25,26,27). The zero-order valence-electron chi connectivity index (χ0n) is 19.7. The number of nitrogens with zero attached hydrogens (tertiary/aromatic N) is 5. The Balaban J connectivity index is 1.59. The largest absolute Gasteiger partial charge is 0.379 e. The number of morpholine rings is 1. The summed E-state index contributed by atoms with van der Waals surface area (Å²) in [7, 11) is 1.94. The van der Waals surface area contributed by atoms with E-state index in [1.54, 1.807) is 12.1 Å². The molecular formula is C23H36FN7O. The molecule has 176 valence electrons. The van der Waals surface area contributed by atoms with Gasteiger partial charge in [0.1, 0.15) is 18.2 Å². The van der Waals surface area contributed by atoms with Crippen LogP contribution in [0.2, 0.25) is 0 Å². The molecule has 1 aromatic heterocycles. The van der Waals surface area contributed by atoms with E-state index in [0.29, 0.717) is 13.1 Å². The van der Waals surface area contributed by atoms with Crippen LogP contribution in [0.25, 0.3) is 0 Å². The van der Waals surface area contributed by atoms with Gasteiger partial charge in [0.15, 0.2) is 11.8 Å². The van der Waals surface area contributed by atoms with Gasteiger partial charge in [0.05, 0.1) is 13.2 Å². The van der Waals surface area contributed by atoms with Crippen LogP contribution >= 0.6 is 0 Å². The van der Waals surface area contributed by atoms with E-state index >= 15 is 0 Å². The highest BCUT2D eigenvalue weighted by Crippen LogP contribution is 2.22. The Morgan fingerprint density at radius 2 is 2.00 bits per heavy atom. The van der Waals surface area contributed by atoms with Crippen molar-refractivity contribution < 1.29 is 9.13 Å². The van der Waals surface area contributed by atoms with E-state index in [2.05, 4.69) is 39.6 Å². The summed E-state index contributed by atoms with van der Waals surface area (Å²) >= 11 is 0. The Labute approximate surface area is 190 Å². The predicted molar refractivity (Wildman–Crippen MR) is 124 cm³/mol. The monoisotopic (exact) mass is 445 g/mol. The van der Waals surface area contributed by atoms with Gasteiger partial charge in [-0.05, 0) is 37.6 Å². The van der Waals surface area contributed by atoms with Crippen LogP contribution in [0.4, 0.5) is 4.39 Å². The number of guanidine groups is 1. The highest BCUT2D eigenvalue weighted by Gasteiger charge is 2.21. The number of nitrogens with one attached hydrogen (secondary N) is 2. The van der Waals surface area contributed by atoms with Crippen molar-refractivity contribution in [2.75, 3.05) is 45.9 Å². The quantitative estimate of drug-likeness (QED) is 0.349. The second-order valence-corrected chi connectivity index (χ2v) is 8.87. The summed E-state index contributed by atoms with van der Waals surface area (Å²) in [6.07, 6.45) is 1.01. The minimum atomic E-state index is -0.264. The molecule has 2 N–H and O–H groups in total. The second-order valence-electron chi connectivity index (χ2n) is 8.87. The van der Waals surface area contributed by atoms with Gasteiger partial charge in [-0.1, -0.05) is 26.0 Å². The van der Waals surface area contributed by atoms with Gasteiger partial charge in [-0.2, -0.15) is 0 Å². The van der Waals surface area contributed by atoms with Crippen LogP contribution in [0.5, 0.6) is 0 Å². The maximum atomic E-state index is 13.7. The van der Waals surface area contributed by atoms with Crippen molar-refractivity contribution in [1.82, 2.24) is 30.3 Å². The van der Waals surface area contributed by atoms with Gasteiger partial charge >= 0.3 is 0 Å². The summed E-state index contributed by atoms with van der Waals surface area (Å²) in [6.45, 7) is 12.6. The van der Waals surface area contributed by atoms with E-state index in [0.717, 1.165) is 69.0 Å². The van der Waals surface area contributed by atoms with Crippen LogP contribution in [0.3, 0.4) is 0 Å². The lowest BCUT2D eigenvalue weighted by molar-refractivity contribution is 0.0376. The molecule has 0 radical (unpaired) electrons. The lowest BCUT2D eigenvalue weighted by Gasteiger charge is -2.28. The number of ether oxygens (including phenoxy) is 1. The number of aliphatic imine (C=N–C) groups is 1. The van der Waals surface area contributed by atoms with Crippen LogP contribution in [-0.2, 0) is 23.7 Å². The zero-order chi connectivity index (χ0) is 23.0. The predicted octanol–water partition coefficient (Wildman–Crippen LogP) is 2.00. The number of aromatic nitrogens is 3. The molecule has 0 saturated carbocycles. The zero-order valence-corrected chi connectivity index (χ0v) is 19.7. The van der Waals surface area contributed by atoms with Gasteiger partial charge in [0.2, 0.25) is 0 Å². The van der Waals surface area contributed by atoms with Crippen LogP contribution in [0.15, 0.2) is 29.3 Å². The van der Waals surface area contributed by atoms with Gasteiger partial charge in [-0.3, -0.25) is 4.90 Å². The topological polar surface area (TPSA) is 79.6 Å². The summed E-state index contributed by atoms with van der Waals surface area (Å²) in [5, 5.41) is 15.2. The molecule has 0 spiro atoms. The molecule has 0 bridgehead atoms. The van der Waals surface area contributed by atoms with Gasteiger partial charge in [0, 0.05) is 38.6 Å². The third kappa shape index (κ3) is 7.00.